The first-order chi connectivity index (χ1) is 13.5. The van der Waals surface area contributed by atoms with Gasteiger partial charge in [0.25, 0.3) is 0 Å². The zero-order valence-electron chi connectivity index (χ0n) is 15.3. The largest absolute Gasteiger partial charge is 0.519 e. The predicted molar refractivity (Wildman–Crippen MR) is 96.7 cm³/mol. The molecule has 146 valence electrons. The number of esters is 1. The van der Waals surface area contributed by atoms with Gasteiger partial charge in [0, 0.05) is 5.57 Å². The summed E-state index contributed by atoms with van der Waals surface area (Å²) < 4.78 is 31.5. The molecule has 0 saturated carbocycles. The second-order valence-electron chi connectivity index (χ2n) is 5.66. The van der Waals surface area contributed by atoms with Gasteiger partial charge in [0.15, 0.2) is 11.5 Å². The van der Waals surface area contributed by atoms with E-state index in [-0.39, 0.29) is 22.8 Å². The van der Waals surface area contributed by atoms with Crippen LogP contribution in [0.1, 0.15) is 13.8 Å². The summed E-state index contributed by atoms with van der Waals surface area (Å²) in [6.07, 6.45) is -0.969. The van der Waals surface area contributed by atoms with Crippen molar-refractivity contribution in [3.8, 4) is 28.7 Å². The third kappa shape index (κ3) is 4.60. The van der Waals surface area contributed by atoms with Crippen LogP contribution in [-0.2, 0) is 9.53 Å². The zero-order valence-corrected chi connectivity index (χ0v) is 15.3. The van der Waals surface area contributed by atoms with Crippen LogP contribution >= 0.6 is 0 Å². The molecule has 0 aromatic heterocycles. The Morgan fingerprint density at radius 1 is 1.00 bits per heavy atom. The second kappa shape index (κ2) is 8.45. The number of ether oxygens (including phenoxy) is 6. The number of carbonyl (C=O) groups is 2. The molecule has 1 heterocycles. The number of hydrogen-bond donors (Lipinski definition) is 0. The molecule has 1 aliphatic rings. The minimum absolute atomic E-state index is 0.136. The highest BCUT2D eigenvalue weighted by Crippen LogP contribution is 2.42. The van der Waals surface area contributed by atoms with Crippen molar-refractivity contribution in [3.05, 3.63) is 54.6 Å². The Morgan fingerprint density at radius 2 is 1.68 bits per heavy atom. The van der Waals surface area contributed by atoms with E-state index in [0.717, 1.165) is 0 Å². The third-order valence-electron chi connectivity index (χ3n) is 3.46. The highest BCUT2D eigenvalue weighted by Gasteiger charge is 2.29. The molecule has 2 aromatic rings. The normalized spacial score (nSPS) is 14.3. The lowest BCUT2D eigenvalue weighted by Gasteiger charge is -2.10. The molecule has 2 aromatic carbocycles. The van der Waals surface area contributed by atoms with Gasteiger partial charge in [-0.05, 0) is 50.2 Å². The van der Waals surface area contributed by atoms with Gasteiger partial charge in [-0.3, -0.25) is 0 Å². The quantitative estimate of drug-likeness (QED) is 0.320. The van der Waals surface area contributed by atoms with E-state index in [1.54, 1.807) is 26.0 Å². The summed E-state index contributed by atoms with van der Waals surface area (Å²) in [5.74, 6) is 0.738. The predicted octanol–water partition coefficient (Wildman–Crippen LogP) is 3.84. The summed E-state index contributed by atoms with van der Waals surface area (Å²) in [4.78, 5) is 23.5. The standard InChI is InChI=1S/C20H18O8/c1-4-23-20-27-16-7-5-6-15(17(16)28-20)26-19(22)25-14-10-8-13(9-11-14)24-18(21)12(2)3/h5-11,20H,2,4H2,1,3H3. The molecule has 8 heteroatoms. The summed E-state index contributed by atoms with van der Waals surface area (Å²) in [5, 5.41) is 0. The van der Waals surface area contributed by atoms with E-state index in [1.165, 1.54) is 30.3 Å². The van der Waals surface area contributed by atoms with Crippen LogP contribution in [0, 0.1) is 0 Å². The van der Waals surface area contributed by atoms with Crippen LogP contribution in [0.25, 0.3) is 0 Å². The summed E-state index contributed by atoms with van der Waals surface area (Å²) in [6, 6.07) is 10.7. The lowest BCUT2D eigenvalue weighted by atomic mass is 10.3. The van der Waals surface area contributed by atoms with Crippen molar-refractivity contribution in [2.75, 3.05) is 6.61 Å². The number of carbonyl (C=O) groups excluding carboxylic acids is 2. The first-order valence-electron chi connectivity index (χ1n) is 8.41. The van der Waals surface area contributed by atoms with Gasteiger partial charge in [0.2, 0.25) is 5.75 Å². The van der Waals surface area contributed by atoms with Crippen LogP contribution < -0.4 is 23.7 Å². The topological polar surface area (TPSA) is 89.5 Å². The minimum atomic E-state index is -0.969. The molecule has 28 heavy (non-hydrogen) atoms. The van der Waals surface area contributed by atoms with Gasteiger partial charge >= 0.3 is 18.6 Å². The van der Waals surface area contributed by atoms with Crippen LogP contribution in [0.5, 0.6) is 28.7 Å². The fraction of sp³-hybridized carbons (Fsp3) is 0.200. The molecular weight excluding hydrogens is 368 g/mol. The van der Waals surface area contributed by atoms with Crippen molar-refractivity contribution < 1.29 is 38.0 Å². The fourth-order valence-corrected chi connectivity index (χ4v) is 2.19. The van der Waals surface area contributed by atoms with Crippen molar-refractivity contribution in [2.45, 2.75) is 20.3 Å². The van der Waals surface area contributed by atoms with Crippen molar-refractivity contribution in [2.24, 2.45) is 0 Å². The summed E-state index contributed by atoms with van der Waals surface area (Å²) in [7, 11) is 0. The van der Waals surface area contributed by atoms with Gasteiger partial charge < -0.3 is 28.4 Å². The van der Waals surface area contributed by atoms with Crippen molar-refractivity contribution >= 4 is 12.1 Å². The second-order valence-corrected chi connectivity index (χ2v) is 5.66. The molecule has 0 spiro atoms. The highest BCUT2D eigenvalue weighted by atomic mass is 16.9. The zero-order chi connectivity index (χ0) is 20.1. The Labute approximate surface area is 161 Å². The first kappa shape index (κ1) is 19.2. The highest BCUT2D eigenvalue weighted by molar-refractivity contribution is 5.88. The molecule has 1 aliphatic heterocycles. The number of benzene rings is 2. The van der Waals surface area contributed by atoms with Gasteiger partial charge in [0.1, 0.15) is 11.5 Å². The van der Waals surface area contributed by atoms with Crippen molar-refractivity contribution in [1.29, 1.82) is 0 Å². The van der Waals surface area contributed by atoms with E-state index in [1.807, 2.05) is 0 Å². The Balaban J connectivity index is 1.60. The summed E-state index contributed by atoms with van der Waals surface area (Å²) in [5.41, 5.74) is 0.275. The first-order valence-corrected chi connectivity index (χ1v) is 8.41. The van der Waals surface area contributed by atoms with Crippen molar-refractivity contribution in [1.82, 2.24) is 0 Å². The van der Waals surface area contributed by atoms with E-state index < -0.39 is 18.6 Å². The SMILES string of the molecule is C=C(C)C(=O)Oc1ccc(OC(=O)Oc2cccc3c2OC(OCC)O3)cc1. The molecule has 0 N–H and O–H groups in total. The lowest BCUT2D eigenvalue weighted by Crippen LogP contribution is -2.22. The van der Waals surface area contributed by atoms with Crippen LogP contribution in [0.3, 0.4) is 0 Å². The van der Waals surface area contributed by atoms with Crippen LogP contribution in [-0.4, -0.2) is 25.2 Å². The number of rotatable bonds is 6. The molecule has 3 rings (SSSR count). The van der Waals surface area contributed by atoms with E-state index in [9.17, 15) is 9.59 Å². The summed E-state index contributed by atoms with van der Waals surface area (Å²) in [6.45, 7) is 6.35. The van der Waals surface area contributed by atoms with Gasteiger partial charge in [-0.15, -0.1) is 0 Å². The number of hydrogen-bond acceptors (Lipinski definition) is 8. The van der Waals surface area contributed by atoms with Crippen LogP contribution in [0.15, 0.2) is 54.6 Å². The summed E-state index contributed by atoms with van der Waals surface area (Å²) >= 11 is 0. The molecule has 0 radical (unpaired) electrons. The smallest absolute Gasteiger partial charge is 0.428 e. The van der Waals surface area contributed by atoms with Gasteiger partial charge in [0.05, 0.1) is 6.61 Å². The maximum Gasteiger partial charge on any atom is 0.519 e. The molecular formula is C20H18O8. The minimum Gasteiger partial charge on any atom is -0.428 e. The lowest BCUT2D eigenvalue weighted by molar-refractivity contribution is -0.173. The third-order valence-corrected chi connectivity index (χ3v) is 3.46. The molecule has 0 amide bonds. The van der Waals surface area contributed by atoms with Gasteiger partial charge in [-0.2, -0.15) is 0 Å². The maximum atomic E-state index is 12.1. The number of para-hydroxylation sites is 1. The van der Waals surface area contributed by atoms with Crippen LogP contribution in [0.2, 0.25) is 0 Å². The van der Waals surface area contributed by atoms with Crippen molar-refractivity contribution in [3.63, 3.8) is 0 Å². The average Bonchev–Trinajstić information content (AvgIpc) is 3.07. The van der Waals surface area contributed by atoms with E-state index in [2.05, 4.69) is 6.58 Å². The van der Waals surface area contributed by atoms with E-state index in [0.29, 0.717) is 18.1 Å². The molecule has 0 saturated heterocycles. The molecule has 0 bridgehead atoms. The van der Waals surface area contributed by atoms with E-state index in [4.69, 9.17) is 28.4 Å². The molecule has 1 atom stereocenters. The average molecular weight is 386 g/mol. The molecule has 8 nitrogen and oxygen atoms in total. The fourth-order valence-electron chi connectivity index (χ4n) is 2.19. The van der Waals surface area contributed by atoms with E-state index >= 15 is 0 Å². The maximum absolute atomic E-state index is 12.1. The van der Waals surface area contributed by atoms with Crippen LogP contribution in [0.4, 0.5) is 4.79 Å². The Kier molecular flexibility index (Phi) is 5.81. The van der Waals surface area contributed by atoms with Gasteiger partial charge in [-0.25, -0.2) is 9.59 Å². The Bertz CT molecular complexity index is 888. The molecule has 1 unspecified atom stereocenters. The van der Waals surface area contributed by atoms with Gasteiger partial charge in [-0.1, -0.05) is 12.6 Å². The number of fused-ring (bicyclic) bond motifs is 1. The Morgan fingerprint density at radius 3 is 2.32 bits per heavy atom. The molecule has 0 fully saturated rings. The Hall–Kier alpha value is -3.52. The molecule has 0 aliphatic carbocycles. The monoisotopic (exact) mass is 386 g/mol.